The minimum Gasteiger partial charge on any atom is -0.359 e. The first-order valence-electron chi connectivity index (χ1n) is 1.94. The fraction of sp³-hybridized carbons (Fsp3) is 0.250. The number of hydrogen-bond donors (Lipinski definition) is 0. The quantitative estimate of drug-likeness (QED) is 0.482. The van der Waals surface area contributed by atoms with Gasteiger partial charge < -0.3 is 4.52 Å². The van der Waals surface area contributed by atoms with Crippen LogP contribution in [0.3, 0.4) is 0 Å². The number of aromatic nitrogens is 1. The highest BCUT2D eigenvalue weighted by atomic mass is 16.5. The maximum atomic E-state index is 6.81. The number of rotatable bonds is 0. The molecule has 3 nitrogen and oxygen atoms in total. The summed E-state index contributed by atoms with van der Waals surface area (Å²) in [6.07, 6.45) is 0. The Morgan fingerprint density at radius 2 is 2.57 bits per heavy atom. The molecule has 0 aliphatic rings. The molecule has 0 fully saturated rings. The molecule has 0 aliphatic heterocycles. The first-order chi connectivity index (χ1) is 3.29. The summed E-state index contributed by atoms with van der Waals surface area (Å²) in [6.45, 7) is 1.76. The van der Waals surface area contributed by atoms with Gasteiger partial charge in [0.15, 0.2) is 5.82 Å². The second-order valence-electron chi connectivity index (χ2n) is 1.32. The van der Waals surface area contributed by atoms with Gasteiger partial charge in [0.05, 0.1) is 0 Å². The van der Waals surface area contributed by atoms with Crippen molar-refractivity contribution in [3.63, 3.8) is 0 Å². The molecular formula is C4H5N2O. The van der Waals surface area contributed by atoms with Gasteiger partial charge in [-0.05, 0) is 6.92 Å². The van der Waals surface area contributed by atoms with E-state index < -0.39 is 0 Å². The molecule has 1 N–H and O–H groups in total. The van der Waals surface area contributed by atoms with Gasteiger partial charge >= 0.3 is 0 Å². The molecule has 1 rings (SSSR count). The molecule has 0 unspecified atom stereocenters. The van der Waals surface area contributed by atoms with E-state index in [9.17, 15) is 0 Å². The lowest BCUT2D eigenvalue weighted by Crippen LogP contribution is -1.59. The maximum absolute atomic E-state index is 6.81. The molecule has 3 heteroatoms. The van der Waals surface area contributed by atoms with Crippen LogP contribution in [0.2, 0.25) is 0 Å². The predicted molar refractivity (Wildman–Crippen MR) is 24.0 cm³/mol. The standard InChI is InChI=1S/C4H5N2O/c1-3-2-4(5)6-7-3/h2,5H,1H3. The fourth-order valence-corrected chi connectivity index (χ4v) is 0.366. The Morgan fingerprint density at radius 3 is 2.71 bits per heavy atom. The van der Waals surface area contributed by atoms with Crippen molar-refractivity contribution in [3.05, 3.63) is 11.8 Å². The van der Waals surface area contributed by atoms with Gasteiger partial charge in [0.2, 0.25) is 0 Å². The molecule has 7 heavy (non-hydrogen) atoms. The average molecular weight is 97.1 g/mol. The zero-order valence-electron chi connectivity index (χ0n) is 3.93. The van der Waals surface area contributed by atoms with Crippen LogP contribution in [0.1, 0.15) is 5.76 Å². The van der Waals surface area contributed by atoms with E-state index in [2.05, 4.69) is 9.68 Å². The monoisotopic (exact) mass is 97.0 g/mol. The molecule has 0 aliphatic carbocycles. The SMILES string of the molecule is Cc1cc([NH])no1. The summed E-state index contributed by atoms with van der Waals surface area (Å²) >= 11 is 0. The summed E-state index contributed by atoms with van der Waals surface area (Å²) in [4.78, 5) is 0. The summed E-state index contributed by atoms with van der Waals surface area (Å²) in [5.74, 6) is 0.877. The third-order valence-electron chi connectivity index (χ3n) is 0.628. The van der Waals surface area contributed by atoms with Crippen LogP contribution >= 0.6 is 0 Å². The van der Waals surface area contributed by atoms with Crippen molar-refractivity contribution in [3.8, 4) is 0 Å². The molecule has 0 amide bonds. The van der Waals surface area contributed by atoms with E-state index in [-0.39, 0.29) is 5.82 Å². The average Bonchev–Trinajstić information content (AvgIpc) is 1.87. The van der Waals surface area contributed by atoms with Gasteiger partial charge in [0.1, 0.15) is 5.76 Å². The van der Waals surface area contributed by atoms with Crippen molar-refractivity contribution >= 4 is 5.82 Å². The van der Waals surface area contributed by atoms with Crippen LogP contribution < -0.4 is 5.73 Å². The topological polar surface area (TPSA) is 49.8 Å². The molecule has 37 valence electrons. The van der Waals surface area contributed by atoms with Gasteiger partial charge in [0.25, 0.3) is 0 Å². The summed E-state index contributed by atoms with van der Waals surface area (Å²) in [6, 6.07) is 1.56. The lowest BCUT2D eigenvalue weighted by molar-refractivity contribution is 0.399. The second-order valence-corrected chi connectivity index (χ2v) is 1.32. The van der Waals surface area contributed by atoms with E-state index in [0.29, 0.717) is 5.76 Å². The predicted octanol–water partition coefficient (Wildman–Crippen LogP) is 0.897. The highest BCUT2D eigenvalue weighted by Gasteiger charge is 1.90. The van der Waals surface area contributed by atoms with Crippen LogP contribution in [0.15, 0.2) is 10.6 Å². The summed E-state index contributed by atoms with van der Waals surface area (Å²) in [5, 5.41) is 3.31. The molecule has 0 bridgehead atoms. The normalized spacial score (nSPS) is 9.29. The van der Waals surface area contributed by atoms with E-state index >= 15 is 0 Å². The van der Waals surface area contributed by atoms with Crippen molar-refractivity contribution in [2.75, 3.05) is 0 Å². The molecule has 0 atom stereocenters. The van der Waals surface area contributed by atoms with Crippen molar-refractivity contribution in [2.45, 2.75) is 6.92 Å². The largest absolute Gasteiger partial charge is 0.359 e. The lowest BCUT2D eigenvalue weighted by Gasteiger charge is -1.64. The first kappa shape index (κ1) is 4.18. The van der Waals surface area contributed by atoms with E-state index in [1.54, 1.807) is 13.0 Å². The van der Waals surface area contributed by atoms with Crippen LogP contribution in [0, 0.1) is 6.92 Å². The summed E-state index contributed by atoms with van der Waals surface area (Å²) in [7, 11) is 0. The van der Waals surface area contributed by atoms with Crippen molar-refractivity contribution in [1.82, 2.24) is 10.9 Å². The Labute approximate surface area is 41.1 Å². The zero-order chi connectivity index (χ0) is 5.28. The molecule has 1 aromatic rings. The van der Waals surface area contributed by atoms with Gasteiger partial charge in [-0.1, -0.05) is 5.16 Å². The third-order valence-corrected chi connectivity index (χ3v) is 0.628. The van der Waals surface area contributed by atoms with Crippen molar-refractivity contribution in [2.24, 2.45) is 0 Å². The Morgan fingerprint density at radius 1 is 1.86 bits per heavy atom. The first-order valence-corrected chi connectivity index (χ1v) is 1.94. The van der Waals surface area contributed by atoms with Crippen LogP contribution in [0.4, 0.5) is 5.82 Å². The minimum absolute atomic E-state index is 0.192. The highest BCUT2D eigenvalue weighted by molar-refractivity contribution is 5.20. The highest BCUT2D eigenvalue weighted by Crippen LogP contribution is 2.01. The summed E-state index contributed by atoms with van der Waals surface area (Å²) in [5.41, 5.74) is 6.81. The Bertz CT molecular complexity index is 142. The smallest absolute Gasteiger partial charge is 0.188 e. The Hall–Kier alpha value is -0.990. The summed E-state index contributed by atoms with van der Waals surface area (Å²) < 4.78 is 4.53. The zero-order valence-corrected chi connectivity index (χ0v) is 3.93. The van der Waals surface area contributed by atoms with Gasteiger partial charge in [-0.25, -0.2) is 0 Å². The Kier molecular flexibility index (Phi) is 0.749. The molecule has 1 heterocycles. The minimum atomic E-state index is 0.192. The molecular weight excluding hydrogens is 92.1 g/mol. The van der Waals surface area contributed by atoms with E-state index in [0.717, 1.165) is 0 Å². The third kappa shape index (κ3) is 0.707. The maximum Gasteiger partial charge on any atom is 0.188 e. The van der Waals surface area contributed by atoms with Gasteiger partial charge in [-0.15, -0.1) is 0 Å². The molecule has 1 aromatic heterocycles. The van der Waals surface area contributed by atoms with Crippen LogP contribution in [-0.4, -0.2) is 5.16 Å². The van der Waals surface area contributed by atoms with Crippen molar-refractivity contribution in [1.29, 1.82) is 0 Å². The van der Waals surface area contributed by atoms with Crippen molar-refractivity contribution < 1.29 is 4.52 Å². The van der Waals surface area contributed by atoms with E-state index in [4.69, 9.17) is 5.73 Å². The van der Waals surface area contributed by atoms with Gasteiger partial charge in [-0.2, -0.15) is 0 Å². The molecule has 0 spiro atoms. The van der Waals surface area contributed by atoms with E-state index in [1.807, 2.05) is 0 Å². The number of nitrogens with one attached hydrogen (secondary N) is 1. The molecule has 1 radical (unpaired) electrons. The van der Waals surface area contributed by atoms with Gasteiger partial charge in [0, 0.05) is 6.07 Å². The van der Waals surface area contributed by atoms with E-state index in [1.165, 1.54) is 0 Å². The van der Waals surface area contributed by atoms with Crippen LogP contribution in [0.25, 0.3) is 0 Å². The van der Waals surface area contributed by atoms with Crippen LogP contribution in [0.5, 0.6) is 0 Å². The molecule has 0 saturated carbocycles. The molecule has 0 aromatic carbocycles. The number of hydrogen-bond acceptors (Lipinski definition) is 2. The van der Waals surface area contributed by atoms with Gasteiger partial charge in [-0.3, -0.25) is 5.73 Å². The fourth-order valence-electron chi connectivity index (χ4n) is 0.366. The second kappa shape index (κ2) is 1.26. The Balaban J connectivity index is 3.04. The molecule has 0 saturated heterocycles. The lowest BCUT2D eigenvalue weighted by atomic mass is 10.5. The number of nitrogens with zero attached hydrogens (tertiary/aromatic N) is 1. The van der Waals surface area contributed by atoms with Crippen LogP contribution in [-0.2, 0) is 0 Å². The number of aryl methyl sites for hydroxylation is 1.